The third-order valence-corrected chi connectivity index (χ3v) is 3.99. The minimum Gasteiger partial charge on any atom is -0.396 e. The van der Waals surface area contributed by atoms with Crippen LogP contribution in [-0.2, 0) is 4.74 Å². The monoisotopic (exact) mass is 251 g/mol. The zero-order valence-corrected chi connectivity index (χ0v) is 10.2. The van der Waals surface area contributed by atoms with E-state index in [9.17, 15) is 4.39 Å². The second-order valence-corrected chi connectivity index (χ2v) is 5.09. The first-order valence-corrected chi connectivity index (χ1v) is 6.58. The molecule has 1 aromatic rings. The number of benzene rings is 1. The molecule has 2 aliphatic heterocycles. The van der Waals surface area contributed by atoms with Crippen LogP contribution >= 0.6 is 0 Å². The SMILES string of the molecule is OCCC[C@H]1Nc2ccc(F)cc2[C@H]2OCC[C@H]21. The first kappa shape index (κ1) is 11.9. The Morgan fingerprint density at radius 2 is 2.33 bits per heavy atom. The van der Waals surface area contributed by atoms with E-state index in [1.165, 1.54) is 6.07 Å². The van der Waals surface area contributed by atoms with Crippen LogP contribution in [0.5, 0.6) is 0 Å². The summed E-state index contributed by atoms with van der Waals surface area (Å²) in [5, 5.41) is 12.4. The number of anilines is 1. The lowest BCUT2D eigenvalue weighted by molar-refractivity contribution is 0.0810. The van der Waals surface area contributed by atoms with Crippen LogP contribution in [-0.4, -0.2) is 24.4 Å². The maximum atomic E-state index is 13.3. The summed E-state index contributed by atoms with van der Waals surface area (Å²) in [4.78, 5) is 0. The number of rotatable bonds is 3. The lowest BCUT2D eigenvalue weighted by Crippen LogP contribution is -2.36. The van der Waals surface area contributed by atoms with Gasteiger partial charge >= 0.3 is 0 Å². The molecule has 0 aromatic heterocycles. The van der Waals surface area contributed by atoms with Gasteiger partial charge in [-0.3, -0.25) is 0 Å². The van der Waals surface area contributed by atoms with Gasteiger partial charge in [-0.1, -0.05) is 0 Å². The predicted octanol–water partition coefficient (Wildman–Crippen LogP) is 2.47. The summed E-state index contributed by atoms with van der Waals surface area (Å²) in [6.07, 6.45) is 2.74. The van der Waals surface area contributed by atoms with Crippen molar-refractivity contribution in [1.29, 1.82) is 0 Å². The number of hydrogen-bond donors (Lipinski definition) is 2. The molecule has 2 aliphatic rings. The van der Waals surface area contributed by atoms with Gasteiger partial charge in [-0.2, -0.15) is 0 Å². The van der Waals surface area contributed by atoms with Crippen LogP contribution in [0.2, 0.25) is 0 Å². The van der Waals surface area contributed by atoms with Gasteiger partial charge in [0, 0.05) is 36.4 Å². The second kappa shape index (κ2) is 4.86. The van der Waals surface area contributed by atoms with Crippen molar-refractivity contribution in [2.75, 3.05) is 18.5 Å². The molecule has 0 spiro atoms. The van der Waals surface area contributed by atoms with Crippen LogP contribution in [0.25, 0.3) is 0 Å². The summed E-state index contributed by atoms with van der Waals surface area (Å²) in [5.74, 6) is 0.185. The number of fused-ring (bicyclic) bond motifs is 3. The van der Waals surface area contributed by atoms with E-state index in [1.807, 2.05) is 0 Å². The summed E-state index contributed by atoms with van der Waals surface area (Å²) >= 11 is 0. The van der Waals surface area contributed by atoms with Gasteiger partial charge in [-0.25, -0.2) is 4.39 Å². The average molecular weight is 251 g/mol. The summed E-state index contributed by atoms with van der Waals surface area (Å²) in [6, 6.07) is 5.16. The molecule has 0 bridgehead atoms. The highest BCUT2D eigenvalue weighted by molar-refractivity contribution is 5.56. The van der Waals surface area contributed by atoms with E-state index < -0.39 is 0 Å². The largest absolute Gasteiger partial charge is 0.396 e. The molecule has 1 fully saturated rings. The quantitative estimate of drug-likeness (QED) is 0.867. The van der Waals surface area contributed by atoms with Gasteiger partial charge in [-0.15, -0.1) is 0 Å². The molecule has 0 aliphatic carbocycles. The van der Waals surface area contributed by atoms with E-state index in [4.69, 9.17) is 9.84 Å². The molecular formula is C14H18FNO2. The lowest BCUT2D eigenvalue weighted by Gasteiger charge is -2.36. The smallest absolute Gasteiger partial charge is 0.123 e. The molecule has 1 aromatic carbocycles. The van der Waals surface area contributed by atoms with Crippen LogP contribution in [0.3, 0.4) is 0 Å². The molecule has 3 atom stereocenters. The molecule has 98 valence electrons. The predicted molar refractivity (Wildman–Crippen MR) is 66.9 cm³/mol. The first-order valence-electron chi connectivity index (χ1n) is 6.58. The number of halogens is 1. The standard InChI is InChI=1S/C14H18FNO2/c15-9-3-4-13-11(8-9)14-10(5-7-18-14)12(16-13)2-1-6-17/h3-4,8,10,12,14,16-17H,1-2,5-7H2/t10-,12+,14-/m0/s1. The van der Waals surface area contributed by atoms with E-state index in [0.717, 1.165) is 37.1 Å². The Morgan fingerprint density at radius 1 is 1.44 bits per heavy atom. The van der Waals surface area contributed by atoms with Crippen LogP contribution in [0.1, 0.15) is 30.9 Å². The second-order valence-electron chi connectivity index (χ2n) is 5.09. The Bertz CT molecular complexity index is 438. The Balaban J connectivity index is 1.89. The van der Waals surface area contributed by atoms with Gasteiger partial charge in [-0.05, 0) is 37.5 Å². The number of hydrogen-bond acceptors (Lipinski definition) is 3. The summed E-state index contributed by atoms with van der Waals surface area (Å²) in [7, 11) is 0. The van der Waals surface area contributed by atoms with E-state index in [-0.39, 0.29) is 18.5 Å². The average Bonchev–Trinajstić information content (AvgIpc) is 2.86. The highest BCUT2D eigenvalue weighted by atomic mass is 19.1. The van der Waals surface area contributed by atoms with Crippen LogP contribution < -0.4 is 5.32 Å². The molecule has 0 radical (unpaired) electrons. The molecule has 0 unspecified atom stereocenters. The molecule has 1 saturated heterocycles. The van der Waals surface area contributed by atoms with Crippen molar-refractivity contribution in [3.63, 3.8) is 0 Å². The third kappa shape index (κ3) is 1.99. The minimum atomic E-state index is -0.210. The van der Waals surface area contributed by atoms with Crippen LogP contribution in [0, 0.1) is 11.7 Å². The Kier molecular flexibility index (Phi) is 3.22. The molecule has 0 amide bonds. The van der Waals surface area contributed by atoms with Gasteiger partial charge < -0.3 is 15.2 Å². The van der Waals surface area contributed by atoms with Crippen molar-refractivity contribution in [1.82, 2.24) is 0 Å². The minimum absolute atomic E-state index is 0.0145. The zero-order valence-electron chi connectivity index (χ0n) is 10.2. The maximum absolute atomic E-state index is 13.3. The van der Waals surface area contributed by atoms with Gasteiger partial charge in [0.2, 0.25) is 0 Å². The summed E-state index contributed by atoms with van der Waals surface area (Å²) in [5.41, 5.74) is 1.92. The molecular weight excluding hydrogens is 233 g/mol. The van der Waals surface area contributed by atoms with E-state index >= 15 is 0 Å². The Hall–Kier alpha value is -1.13. The van der Waals surface area contributed by atoms with Gasteiger partial charge in [0.05, 0.1) is 6.10 Å². The molecule has 4 heteroatoms. The summed E-state index contributed by atoms with van der Waals surface area (Å²) < 4.78 is 19.1. The third-order valence-electron chi connectivity index (χ3n) is 3.99. The number of ether oxygens (including phenoxy) is 1. The van der Waals surface area contributed by atoms with Crippen molar-refractivity contribution in [2.24, 2.45) is 5.92 Å². The Labute approximate surface area is 106 Å². The lowest BCUT2D eigenvalue weighted by atomic mass is 9.82. The topological polar surface area (TPSA) is 41.5 Å². The number of nitrogens with one attached hydrogen (secondary N) is 1. The van der Waals surface area contributed by atoms with E-state index in [1.54, 1.807) is 12.1 Å². The number of aliphatic hydroxyl groups excluding tert-OH is 1. The van der Waals surface area contributed by atoms with Crippen molar-refractivity contribution >= 4 is 5.69 Å². The normalized spacial score (nSPS) is 29.6. The van der Waals surface area contributed by atoms with E-state index in [0.29, 0.717) is 12.0 Å². The zero-order chi connectivity index (χ0) is 12.5. The summed E-state index contributed by atoms with van der Waals surface area (Å²) in [6.45, 7) is 0.954. The fraction of sp³-hybridized carbons (Fsp3) is 0.571. The maximum Gasteiger partial charge on any atom is 0.123 e. The van der Waals surface area contributed by atoms with Gasteiger partial charge in [0.1, 0.15) is 5.82 Å². The molecule has 2 heterocycles. The molecule has 3 nitrogen and oxygen atoms in total. The van der Waals surface area contributed by atoms with Crippen LogP contribution in [0.4, 0.5) is 10.1 Å². The van der Waals surface area contributed by atoms with Gasteiger partial charge in [0.25, 0.3) is 0 Å². The fourth-order valence-corrected chi connectivity index (χ4v) is 3.14. The van der Waals surface area contributed by atoms with Crippen molar-refractivity contribution in [3.8, 4) is 0 Å². The van der Waals surface area contributed by atoms with Crippen LogP contribution in [0.15, 0.2) is 18.2 Å². The highest BCUT2D eigenvalue weighted by Gasteiger charge is 2.40. The molecule has 0 saturated carbocycles. The first-order chi connectivity index (χ1) is 8.79. The van der Waals surface area contributed by atoms with E-state index in [2.05, 4.69) is 5.32 Å². The Morgan fingerprint density at radius 3 is 3.17 bits per heavy atom. The molecule has 2 N–H and O–H groups in total. The van der Waals surface area contributed by atoms with Crippen molar-refractivity contribution in [2.45, 2.75) is 31.4 Å². The molecule has 3 rings (SSSR count). The van der Waals surface area contributed by atoms with Crippen molar-refractivity contribution < 1.29 is 14.2 Å². The fourth-order valence-electron chi connectivity index (χ4n) is 3.14. The molecule has 18 heavy (non-hydrogen) atoms. The highest BCUT2D eigenvalue weighted by Crippen LogP contribution is 2.45. The van der Waals surface area contributed by atoms with Gasteiger partial charge in [0.15, 0.2) is 0 Å². The van der Waals surface area contributed by atoms with Crippen molar-refractivity contribution in [3.05, 3.63) is 29.6 Å². The number of aliphatic hydroxyl groups is 1.